The molecule has 0 aliphatic carbocycles. The maximum absolute atomic E-state index is 12.6. The molecule has 0 heterocycles. The van der Waals surface area contributed by atoms with E-state index in [1.165, 1.54) is 193 Å². The quantitative estimate of drug-likeness (QED) is 0.0309. The molecule has 61 heavy (non-hydrogen) atoms. The summed E-state index contributed by atoms with van der Waals surface area (Å²) in [4.78, 5) is 12.6. The highest BCUT2D eigenvalue weighted by molar-refractivity contribution is 5.80. The minimum Gasteiger partial charge on any atom is -0.394 e. The number of aliphatic hydroxyl groups excluding tert-OH is 4. The van der Waals surface area contributed by atoms with Crippen molar-refractivity contribution in [2.45, 2.75) is 301 Å². The molecule has 0 rings (SSSR count). The first-order valence-corrected chi connectivity index (χ1v) is 26.9. The van der Waals surface area contributed by atoms with E-state index in [9.17, 15) is 25.2 Å². The molecule has 0 aliphatic rings. The Hall–Kier alpha value is -1.47. The fourth-order valence-electron chi connectivity index (χ4n) is 8.30. The lowest BCUT2D eigenvalue weighted by Crippen LogP contribution is -2.53. The highest BCUT2D eigenvalue weighted by atomic mass is 16.3. The maximum Gasteiger partial charge on any atom is 0.249 e. The Balaban J connectivity index is 3.71. The molecule has 0 aromatic carbocycles. The van der Waals surface area contributed by atoms with E-state index in [0.717, 1.165) is 51.4 Å². The standard InChI is InChI=1S/C55H105NO5/c1-3-5-7-9-11-13-15-17-19-21-23-24-25-26-27-28-29-30-31-33-34-36-38-40-42-44-46-48-52(58)54(60)51(50-57)56-55(61)53(59)49-47-45-43-41-39-37-35-32-22-20-18-16-14-12-10-8-6-4-2/h22,32-34,40,42,51-54,57-60H,3-21,23-31,35-39,41,43-50H2,1-2H3,(H,56,61)/b32-22-,34-33+,42-40+. The van der Waals surface area contributed by atoms with E-state index < -0.39 is 36.9 Å². The molecule has 5 N–H and O–H groups in total. The smallest absolute Gasteiger partial charge is 0.249 e. The van der Waals surface area contributed by atoms with Crippen molar-refractivity contribution >= 4 is 5.91 Å². The lowest BCUT2D eigenvalue weighted by atomic mass is 10.00. The molecule has 1 amide bonds. The van der Waals surface area contributed by atoms with Gasteiger partial charge in [-0.15, -0.1) is 0 Å². The fourth-order valence-corrected chi connectivity index (χ4v) is 8.30. The summed E-state index contributed by atoms with van der Waals surface area (Å²) in [6, 6.07) is -1.01. The molecule has 4 unspecified atom stereocenters. The summed E-state index contributed by atoms with van der Waals surface area (Å²) < 4.78 is 0. The van der Waals surface area contributed by atoms with Crippen LogP contribution >= 0.6 is 0 Å². The number of nitrogens with one attached hydrogen (secondary N) is 1. The first-order chi connectivity index (χ1) is 30.0. The number of rotatable bonds is 49. The molecule has 0 aliphatic heterocycles. The number of carbonyl (C=O) groups excluding carboxylic acids is 1. The van der Waals surface area contributed by atoms with Gasteiger partial charge in [0, 0.05) is 0 Å². The molecule has 0 aromatic heterocycles. The number of aliphatic hydroxyl groups is 4. The van der Waals surface area contributed by atoms with Gasteiger partial charge in [-0.3, -0.25) is 4.79 Å². The van der Waals surface area contributed by atoms with Crippen LogP contribution in [-0.2, 0) is 4.79 Å². The summed E-state index contributed by atoms with van der Waals surface area (Å²) in [6.07, 6.45) is 60.6. The van der Waals surface area contributed by atoms with E-state index in [0.29, 0.717) is 19.3 Å². The van der Waals surface area contributed by atoms with Crippen LogP contribution in [0.3, 0.4) is 0 Å². The summed E-state index contributed by atoms with van der Waals surface area (Å²) in [5.41, 5.74) is 0. The van der Waals surface area contributed by atoms with Crippen LogP contribution < -0.4 is 5.32 Å². The Labute approximate surface area is 379 Å². The topological polar surface area (TPSA) is 110 Å². The molecule has 0 bridgehead atoms. The lowest BCUT2D eigenvalue weighted by molar-refractivity contribution is -0.132. The number of allylic oxidation sites excluding steroid dienone is 6. The Morgan fingerprint density at radius 3 is 1.03 bits per heavy atom. The highest BCUT2D eigenvalue weighted by Crippen LogP contribution is 2.16. The molecular formula is C55H105NO5. The van der Waals surface area contributed by atoms with Gasteiger partial charge in [0.2, 0.25) is 5.91 Å². The summed E-state index contributed by atoms with van der Waals surface area (Å²) >= 11 is 0. The van der Waals surface area contributed by atoms with Gasteiger partial charge in [-0.1, -0.05) is 237 Å². The summed E-state index contributed by atoms with van der Waals surface area (Å²) in [5, 5.41) is 43.9. The second-order valence-electron chi connectivity index (χ2n) is 18.6. The predicted octanol–water partition coefficient (Wildman–Crippen LogP) is 15.2. The maximum atomic E-state index is 12.6. The van der Waals surface area contributed by atoms with Crippen molar-refractivity contribution in [1.82, 2.24) is 5.32 Å². The van der Waals surface area contributed by atoms with E-state index in [1.54, 1.807) is 0 Å². The molecule has 0 saturated carbocycles. The van der Waals surface area contributed by atoms with Gasteiger partial charge in [-0.05, 0) is 77.0 Å². The molecule has 0 spiro atoms. The molecule has 360 valence electrons. The molecule has 0 fully saturated rings. The highest BCUT2D eigenvalue weighted by Gasteiger charge is 2.28. The van der Waals surface area contributed by atoms with Crippen LogP contribution in [0.2, 0.25) is 0 Å². The number of amides is 1. The van der Waals surface area contributed by atoms with Gasteiger partial charge >= 0.3 is 0 Å². The molecule has 0 radical (unpaired) electrons. The van der Waals surface area contributed by atoms with Crippen LogP contribution in [0, 0.1) is 0 Å². The van der Waals surface area contributed by atoms with Gasteiger partial charge in [-0.2, -0.15) is 0 Å². The first-order valence-electron chi connectivity index (χ1n) is 26.9. The van der Waals surface area contributed by atoms with Gasteiger partial charge in [0.25, 0.3) is 0 Å². The number of hydrogen-bond donors (Lipinski definition) is 5. The second kappa shape index (κ2) is 49.5. The van der Waals surface area contributed by atoms with Crippen LogP contribution in [0.15, 0.2) is 36.5 Å². The Morgan fingerprint density at radius 1 is 0.393 bits per heavy atom. The number of hydrogen-bond acceptors (Lipinski definition) is 5. The lowest BCUT2D eigenvalue weighted by Gasteiger charge is -2.27. The zero-order valence-electron chi connectivity index (χ0n) is 40.7. The van der Waals surface area contributed by atoms with Crippen molar-refractivity contribution in [3.63, 3.8) is 0 Å². The molecule has 0 saturated heterocycles. The summed E-state index contributed by atoms with van der Waals surface area (Å²) in [6.45, 7) is 4.06. The van der Waals surface area contributed by atoms with Gasteiger partial charge in [0.05, 0.1) is 18.8 Å². The van der Waals surface area contributed by atoms with Crippen molar-refractivity contribution in [1.29, 1.82) is 0 Å². The van der Waals surface area contributed by atoms with Crippen LogP contribution in [0.4, 0.5) is 0 Å². The third kappa shape index (κ3) is 43.6. The zero-order chi connectivity index (χ0) is 44.5. The zero-order valence-corrected chi connectivity index (χ0v) is 40.7. The SMILES string of the molecule is CCCCCCCCCC/C=C\CCCCCCCCC(O)C(=O)NC(CO)C(O)C(O)CCC/C=C/CC/C=C/CCCCCCCCCCCCCCCCCCCC. The number of unbranched alkanes of at least 4 members (excludes halogenated alkanes) is 34. The molecule has 0 aromatic rings. The minimum absolute atomic E-state index is 0.353. The minimum atomic E-state index is -1.29. The van der Waals surface area contributed by atoms with Crippen molar-refractivity contribution in [2.75, 3.05) is 6.61 Å². The van der Waals surface area contributed by atoms with Gasteiger partial charge in [-0.25, -0.2) is 0 Å². The van der Waals surface area contributed by atoms with Crippen molar-refractivity contribution in [3.05, 3.63) is 36.5 Å². The van der Waals surface area contributed by atoms with E-state index in [-0.39, 0.29) is 0 Å². The average Bonchev–Trinajstić information content (AvgIpc) is 3.26. The summed E-state index contributed by atoms with van der Waals surface area (Å²) in [5.74, 6) is -0.601. The Morgan fingerprint density at radius 2 is 0.689 bits per heavy atom. The third-order valence-electron chi connectivity index (χ3n) is 12.6. The van der Waals surface area contributed by atoms with Crippen molar-refractivity contribution in [3.8, 4) is 0 Å². The van der Waals surface area contributed by atoms with Crippen LogP contribution in [0.5, 0.6) is 0 Å². The normalized spacial score (nSPS) is 14.1. The third-order valence-corrected chi connectivity index (χ3v) is 12.6. The van der Waals surface area contributed by atoms with Crippen LogP contribution in [0.25, 0.3) is 0 Å². The van der Waals surface area contributed by atoms with Crippen molar-refractivity contribution < 1.29 is 25.2 Å². The molecule has 6 nitrogen and oxygen atoms in total. The van der Waals surface area contributed by atoms with Crippen LogP contribution in [0.1, 0.15) is 277 Å². The Bertz CT molecular complexity index is 966. The van der Waals surface area contributed by atoms with E-state index in [2.05, 4.69) is 55.6 Å². The van der Waals surface area contributed by atoms with Gasteiger partial charge < -0.3 is 25.7 Å². The second-order valence-corrected chi connectivity index (χ2v) is 18.6. The first kappa shape index (κ1) is 59.5. The molecular weight excluding hydrogens is 755 g/mol. The van der Waals surface area contributed by atoms with E-state index >= 15 is 0 Å². The molecule has 6 heteroatoms. The van der Waals surface area contributed by atoms with Gasteiger partial charge in [0.1, 0.15) is 12.2 Å². The predicted molar refractivity (Wildman–Crippen MR) is 265 cm³/mol. The number of carbonyl (C=O) groups is 1. The average molecular weight is 860 g/mol. The van der Waals surface area contributed by atoms with Crippen LogP contribution in [-0.4, -0.2) is 57.3 Å². The van der Waals surface area contributed by atoms with Gasteiger partial charge in [0.15, 0.2) is 0 Å². The van der Waals surface area contributed by atoms with E-state index in [1.807, 2.05) is 0 Å². The fraction of sp³-hybridized carbons (Fsp3) is 0.873. The Kier molecular flexibility index (Phi) is 48.3. The molecule has 4 atom stereocenters. The largest absolute Gasteiger partial charge is 0.394 e. The van der Waals surface area contributed by atoms with Crippen molar-refractivity contribution in [2.24, 2.45) is 0 Å². The summed E-state index contributed by atoms with van der Waals surface area (Å²) in [7, 11) is 0. The van der Waals surface area contributed by atoms with E-state index in [4.69, 9.17) is 0 Å². The monoisotopic (exact) mass is 860 g/mol.